The van der Waals surface area contributed by atoms with Gasteiger partial charge in [0.25, 0.3) is 0 Å². The maximum Gasteiger partial charge on any atom is 0.234 e. The molecule has 0 saturated heterocycles. The lowest BCUT2D eigenvalue weighted by molar-refractivity contribution is -0.118. The number of amides is 1. The van der Waals surface area contributed by atoms with E-state index >= 15 is 0 Å². The molecule has 1 N–H and O–H groups in total. The summed E-state index contributed by atoms with van der Waals surface area (Å²) in [6, 6.07) is 8.02. The fraction of sp³-hybridized carbons (Fsp3) is 0.417. The van der Waals surface area contributed by atoms with Crippen molar-refractivity contribution in [3.8, 4) is 5.75 Å². The van der Waals surface area contributed by atoms with Gasteiger partial charge in [-0.3, -0.25) is 4.79 Å². The Balaban J connectivity index is 1.80. The second-order valence-electron chi connectivity index (χ2n) is 3.77. The standard InChI is InChI=1S/C12H14ClNO2S/c13-7-12(15)14-6-5-9-8-17-11-4-2-1-3-10(11)16-9/h1-4,9H,5-8H2,(H,14,15). The molecular weight excluding hydrogens is 258 g/mol. The number of carbonyl (C=O) groups is 1. The average Bonchev–Trinajstić information content (AvgIpc) is 2.38. The molecule has 1 atom stereocenters. The van der Waals surface area contributed by atoms with Crippen LogP contribution in [0, 0.1) is 0 Å². The highest BCUT2D eigenvalue weighted by atomic mass is 35.5. The summed E-state index contributed by atoms with van der Waals surface area (Å²) < 4.78 is 5.84. The maximum atomic E-state index is 11.0. The van der Waals surface area contributed by atoms with E-state index in [1.807, 2.05) is 18.2 Å². The molecule has 2 rings (SSSR count). The summed E-state index contributed by atoms with van der Waals surface area (Å²) >= 11 is 7.19. The van der Waals surface area contributed by atoms with Gasteiger partial charge in [0.05, 0.1) is 0 Å². The lowest BCUT2D eigenvalue weighted by Gasteiger charge is -2.25. The van der Waals surface area contributed by atoms with Crippen LogP contribution in [0.2, 0.25) is 0 Å². The van der Waals surface area contributed by atoms with E-state index in [0.29, 0.717) is 6.54 Å². The van der Waals surface area contributed by atoms with E-state index in [0.717, 1.165) is 17.9 Å². The van der Waals surface area contributed by atoms with E-state index < -0.39 is 0 Å². The van der Waals surface area contributed by atoms with Crippen LogP contribution in [0.15, 0.2) is 29.2 Å². The molecule has 1 amide bonds. The zero-order chi connectivity index (χ0) is 12.1. The van der Waals surface area contributed by atoms with Crippen LogP contribution in [0.1, 0.15) is 6.42 Å². The lowest BCUT2D eigenvalue weighted by atomic mass is 10.2. The molecule has 0 fully saturated rings. The number of para-hydroxylation sites is 1. The van der Waals surface area contributed by atoms with E-state index in [1.54, 1.807) is 11.8 Å². The summed E-state index contributed by atoms with van der Waals surface area (Å²) in [4.78, 5) is 12.2. The second-order valence-corrected chi connectivity index (χ2v) is 5.10. The Morgan fingerprint density at radius 2 is 2.35 bits per heavy atom. The van der Waals surface area contributed by atoms with Gasteiger partial charge in [0.1, 0.15) is 17.7 Å². The molecule has 1 aliphatic heterocycles. The SMILES string of the molecule is O=C(CCl)NCCC1CSc2ccccc2O1. The Hall–Kier alpha value is -0.870. The molecule has 0 radical (unpaired) electrons. The first-order valence-electron chi connectivity index (χ1n) is 5.50. The van der Waals surface area contributed by atoms with Gasteiger partial charge in [0.15, 0.2) is 0 Å². The Bertz CT molecular complexity index is 400. The smallest absolute Gasteiger partial charge is 0.234 e. The van der Waals surface area contributed by atoms with Crippen molar-refractivity contribution in [2.45, 2.75) is 17.4 Å². The molecule has 0 aliphatic carbocycles. The average molecular weight is 272 g/mol. The number of alkyl halides is 1. The summed E-state index contributed by atoms with van der Waals surface area (Å²) in [5, 5.41) is 2.74. The Morgan fingerprint density at radius 3 is 3.18 bits per heavy atom. The number of hydrogen-bond donors (Lipinski definition) is 1. The third kappa shape index (κ3) is 3.54. The first kappa shape index (κ1) is 12.6. The van der Waals surface area contributed by atoms with Crippen LogP contribution in [0.25, 0.3) is 0 Å². The zero-order valence-corrected chi connectivity index (χ0v) is 10.9. The van der Waals surface area contributed by atoms with Gasteiger partial charge in [-0.05, 0) is 12.1 Å². The highest BCUT2D eigenvalue weighted by Gasteiger charge is 2.19. The van der Waals surface area contributed by atoms with Gasteiger partial charge in [-0.1, -0.05) is 12.1 Å². The van der Waals surface area contributed by atoms with Crippen molar-refractivity contribution < 1.29 is 9.53 Å². The first-order chi connectivity index (χ1) is 8.29. The molecule has 17 heavy (non-hydrogen) atoms. The van der Waals surface area contributed by atoms with Crippen LogP contribution in [0.4, 0.5) is 0 Å². The minimum absolute atomic E-state index is 0.0170. The Kier molecular flexibility index (Phi) is 4.57. The normalized spacial score (nSPS) is 18.1. The summed E-state index contributed by atoms with van der Waals surface area (Å²) in [7, 11) is 0. The third-order valence-corrected chi connectivity index (χ3v) is 3.91. The number of ether oxygens (including phenoxy) is 1. The van der Waals surface area contributed by atoms with Crippen LogP contribution < -0.4 is 10.1 Å². The molecule has 0 saturated carbocycles. The van der Waals surface area contributed by atoms with E-state index in [9.17, 15) is 4.79 Å². The predicted octanol–water partition coefficient (Wildman–Crippen LogP) is 2.28. The van der Waals surface area contributed by atoms with Crippen molar-refractivity contribution in [3.63, 3.8) is 0 Å². The minimum Gasteiger partial charge on any atom is -0.488 e. The van der Waals surface area contributed by atoms with Crippen molar-refractivity contribution in [3.05, 3.63) is 24.3 Å². The summed E-state index contributed by atoms with van der Waals surface area (Å²) in [5.41, 5.74) is 0. The number of carbonyl (C=O) groups excluding carboxylic acids is 1. The molecule has 92 valence electrons. The number of halogens is 1. The van der Waals surface area contributed by atoms with Crippen LogP contribution in [-0.4, -0.2) is 30.2 Å². The molecule has 0 bridgehead atoms. The minimum atomic E-state index is -0.129. The van der Waals surface area contributed by atoms with Gasteiger partial charge in [-0.2, -0.15) is 0 Å². The Labute approximate surface area is 110 Å². The molecule has 3 nitrogen and oxygen atoms in total. The van der Waals surface area contributed by atoms with Gasteiger partial charge in [-0.25, -0.2) is 0 Å². The van der Waals surface area contributed by atoms with Crippen molar-refractivity contribution in [2.24, 2.45) is 0 Å². The predicted molar refractivity (Wildman–Crippen MR) is 69.9 cm³/mol. The molecule has 1 aliphatic rings. The lowest BCUT2D eigenvalue weighted by Crippen LogP contribution is -2.31. The third-order valence-electron chi connectivity index (χ3n) is 2.48. The van der Waals surface area contributed by atoms with Crippen LogP contribution >= 0.6 is 23.4 Å². The largest absolute Gasteiger partial charge is 0.488 e. The van der Waals surface area contributed by atoms with E-state index in [4.69, 9.17) is 16.3 Å². The number of thioether (sulfide) groups is 1. The van der Waals surface area contributed by atoms with Gasteiger partial charge in [0.2, 0.25) is 5.91 Å². The molecule has 1 aromatic rings. The highest BCUT2D eigenvalue weighted by Crippen LogP contribution is 2.35. The van der Waals surface area contributed by atoms with Crippen LogP contribution in [-0.2, 0) is 4.79 Å². The zero-order valence-electron chi connectivity index (χ0n) is 9.32. The Morgan fingerprint density at radius 1 is 1.53 bits per heavy atom. The molecule has 0 spiro atoms. The fourth-order valence-electron chi connectivity index (χ4n) is 1.63. The fourth-order valence-corrected chi connectivity index (χ4v) is 2.75. The van der Waals surface area contributed by atoms with Crippen molar-refractivity contribution in [1.29, 1.82) is 0 Å². The maximum absolute atomic E-state index is 11.0. The molecule has 0 aromatic heterocycles. The van der Waals surface area contributed by atoms with Crippen LogP contribution in [0.3, 0.4) is 0 Å². The summed E-state index contributed by atoms with van der Waals surface area (Å²) in [5.74, 6) is 1.75. The molecular formula is C12H14ClNO2S. The van der Waals surface area contributed by atoms with Gasteiger partial charge >= 0.3 is 0 Å². The summed E-state index contributed by atoms with van der Waals surface area (Å²) in [6.07, 6.45) is 0.967. The van der Waals surface area contributed by atoms with E-state index in [-0.39, 0.29) is 17.9 Å². The van der Waals surface area contributed by atoms with Crippen molar-refractivity contribution in [1.82, 2.24) is 5.32 Å². The monoisotopic (exact) mass is 271 g/mol. The number of nitrogens with one attached hydrogen (secondary N) is 1. The van der Waals surface area contributed by atoms with E-state index in [2.05, 4.69) is 11.4 Å². The highest BCUT2D eigenvalue weighted by molar-refractivity contribution is 7.99. The van der Waals surface area contributed by atoms with E-state index in [1.165, 1.54) is 4.90 Å². The van der Waals surface area contributed by atoms with Crippen LogP contribution in [0.5, 0.6) is 5.75 Å². The van der Waals surface area contributed by atoms with Crippen molar-refractivity contribution in [2.75, 3.05) is 18.2 Å². The molecule has 5 heteroatoms. The number of hydrogen-bond acceptors (Lipinski definition) is 3. The molecule has 1 unspecified atom stereocenters. The number of fused-ring (bicyclic) bond motifs is 1. The molecule has 1 heterocycles. The topological polar surface area (TPSA) is 38.3 Å². The van der Waals surface area contributed by atoms with Gasteiger partial charge in [-0.15, -0.1) is 23.4 Å². The summed E-state index contributed by atoms with van der Waals surface area (Å²) in [6.45, 7) is 0.610. The quantitative estimate of drug-likeness (QED) is 0.854. The number of benzene rings is 1. The van der Waals surface area contributed by atoms with Gasteiger partial charge in [0, 0.05) is 23.6 Å². The number of rotatable bonds is 4. The van der Waals surface area contributed by atoms with Crippen molar-refractivity contribution >= 4 is 29.3 Å². The van der Waals surface area contributed by atoms with Gasteiger partial charge < -0.3 is 10.1 Å². The molecule has 1 aromatic carbocycles. The first-order valence-corrected chi connectivity index (χ1v) is 7.03. The second kappa shape index (κ2) is 6.17.